The van der Waals surface area contributed by atoms with Crippen LogP contribution in [-0.2, 0) is 11.2 Å². The first-order valence-electron chi connectivity index (χ1n) is 7.16. The summed E-state index contributed by atoms with van der Waals surface area (Å²) in [7, 11) is 0. The molecule has 1 aliphatic heterocycles. The Hall–Kier alpha value is -1.65. The minimum atomic E-state index is -0.400. The molecular weight excluding hydrogens is 318 g/mol. The Labute approximate surface area is 139 Å². The first-order valence-corrected chi connectivity index (χ1v) is 8.35. The van der Waals surface area contributed by atoms with Crippen molar-refractivity contribution < 1.29 is 9.53 Å². The quantitative estimate of drug-likeness (QED) is 0.855. The molecule has 1 N–H and O–H groups in total. The predicted molar refractivity (Wildman–Crippen MR) is 88.6 cm³/mol. The van der Waals surface area contributed by atoms with Crippen molar-refractivity contribution in [2.45, 2.75) is 29.2 Å². The Balaban J connectivity index is 2.00. The van der Waals surface area contributed by atoms with Crippen molar-refractivity contribution in [3.8, 4) is 0 Å². The molecule has 2 aromatic carbocycles. The van der Waals surface area contributed by atoms with Crippen LogP contribution in [0.3, 0.4) is 0 Å². The van der Waals surface area contributed by atoms with E-state index in [0.717, 1.165) is 16.9 Å². The van der Waals surface area contributed by atoms with Crippen molar-refractivity contribution >= 4 is 29.5 Å². The second kappa shape index (κ2) is 6.63. The molecular formula is C17H16ClNO2S. The van der Waals surface area contributed by atoms with E-state index in [1.54, 1.807) is 18.7 Å². The molecule has 1 atom stereocenters. The normalized spacial score (nSPS) is 16.2. The monoisotopic (exact) mass is 333 g/mol. The van der Waals surface area contributed by atoms with Gasteiger partial charge in [-0.1, -0.05) is 41.6 Å². The van der Waals surface area contributed by atoms with E-state index in [2.05, 4.69) is 17.4 Å². The van der Waals surface area contributed by atoms with E-state index in [-0.39, 0.29) is 6.04 Å². The molecule has 0 bridgehead atoms. The van der Waals surface area contributed by atoms with Gasteiger partial charge in [-0.15, -0.1) is 0 Å². The number of rotatable bonds is 2. The highest BCUT2D eigenvalue weighted by Gasteiger charge is 2.24. The summed E-state index contributed by atoms with van der Waals surface area (Å²) in [6.45, 7) is 2.15. The number of hydrogen-bond acceptors (Lipinski definition) is 3. The van der Waals surface area contributed by atoms with E-state index in [1.165, 1.54) is 10.5 Å². The van der Waals surface area contributed by atoms with E-state index in [9.17, 15) is 4.79 Å². The van der Waals surface area contributed by atoms with E-state index >= 15 is 0 Å². The fourth-order valence-electron chi connectivity index (χ4n) is 2.55. The molecule has 114 valence electrons. The van der Waals surface area contributed by atoms with Crippen LogP contribution in [0.2, 0.25) is 5.02 Å². The third-order valence-corrected chi connectivity index (χ3v) is 4.98. The Morgan fingerprint density at radius 3 is 2.95 bits per heavy atom. The van der Waals surface area contributed by atoms with Crippen LogP contribution >= 0.6 is 23.4 Å². The summed E-state index contributed by atoms with van der Waals surface area (Å²) < 4.78 is 5.03. The van der Waals surface area contributed by atoms with Gasteiger partial charge in [-0.05, 0) is 48.7 Å². The zero-order valence-corrected chi connectivity index (χ0v) is 13.7. The van der Waals surface area contributed by atoms with Gasteiger partial charge in [-0.25, -0.2) is 4.79 Å². The van der Waals surface area contributed by atoms with Crippen molar-refractivity contribution in [3.63, 3.8) is 0 Å². The number of amides is 1. The molecule has 0 unspecified atom stereocenters. The van der Waals surface area contributed by atoms with Crippen LogP contribution in [0.25, 0.3) is 0 Å². The van der Waals surface area contributed by atoms with Crippen molar-refractivity contribution in [1.82, 2.24) is 5.32 Å². The first kappa shape index (κ1) is 15.3. The minimum absolute atomic E-state index is 0.149. The van der Waals surface area contributed by atoms with Crippen LogP contribution in [0.1, 0.15) is 24.1 Å². The third-order valence-electron chi connectivity index (χ3n) is 3.53. The fraction of sp³-hybridized carbons (Fsp3) is 0.235. The largest absolute Gasteiger partial charge is 0.450 e. The molecule has 1 aliphatic rings. The molecule has 0 spiro atoms. The summed E-state index contributed by atoms with van der Waals surface area (Å²) in [5, 5.41) is 3.62. The second-order valence-electron chi connectivity index (χ2n) is 5.01. The number of carbonyl (C=O) groups excluding carboxylic acids is 1. The lowest BCUT2D eigenvalue weighted by Gasteiger charge is -2.19. The molecule has 22 heavy (non-hydrogen) atoms. The van der Waals surface area contributed by atoms with E-state index in [1.807, 2.05) is 30.3 Å². The molecule has 3 nitrogen and oxygen atoms in total. The van der Waals surface area contributed by atoms with Crippen LogP contribution in [0.4, 0.5) is 4.79 Å². The molecule has 0 aliphatic carbocycles. The van der Waals surface area contributed by atoms with Crippen molar-refractivity contribution in [3.05, 3.63) is 58.6 Å². The third kappa shape index (κ3) is 3.23. The average Bonchev–Trinajstić information content (AvgIpc) is 2.64. The summed E-state index contributed by atoms with van der Waals surface area (Å²) in [5.41, 5.74) is 2.24. The highest BCUT2D eigenvalue weighted by molar-refractivity contribution is 7.99. The highest BCUT2D eigenvalue weighted by atomic mass is 35.5. The Morgan fingerprint density at radius 2 is 2.14 bits per heavy atom. The van der Waals surface area contributed by atoms with Crippen LogP contribution in [0, 0.1) is 0 Å². The zero-order chi connectivity index (χ0) is 15.5. The number of hydrogen-bond donors (Lipinski definition) is 1. The summed E-state index contributed by atoms with van der Waals surface area (Å²) in [6, 6.07) is 13.9. The van der Waals surface area contributed by atoms with Crippen LogP contribution in [-0.4, -0.2) is 12.7 Å². The van der Waals surface area contributed by atoms with Crippen LogP contribution in [0.5, 0.6) is 0 Å². The summed E-state index contributed by atoms with van der Waals surface area (Å²) >= 11 is 7.86. The van der Waals surface area contributed by atoms with Gasteiger partial charge in [-0.3, -0.25) is 0 Å². The SMILES string of the molecule is CCOC(=O)N[C@@H]1Cc2ccccc2Sc2ccc(Cl)cc21. The summed E-state index contributed by atoms with van der Waals surface area (Å²) in [4.78, 5) is 14.2. The molecule has 0 saturated carbocycles. The lowest BCUT2D eigenvalue weighted by atomic mass is 9.99. The maximum absolute atomic E-state index is 11.9. The number of fused-ring (bicyclic) bond motifs is 2. The smallest absolute Gasteiger partial charge is 0.407 e. The predicted octanol–water partition coefficient (Wildman–Crippen LogP) is 4.83. The summed E-state index contributed by atoms with van der Waals surface area (Å²) in [6.07, 6.45) is 0.317. The van der Waals surface area contributed by atoms with Crippen LogP contribution < -0.4 is 5.32 Å². The average molecular weight is 334 g/mol. The number of benzene rings is 2. The van der Waals surface area contributed by atoms with E-state index in [0.29, 0.717) is 11.6 Å². The summed E-state index contributed by atoms with van der Waals surface area (Å²) in [5.74, 6) is 0. The number of nitrogens with one attached hydrogen (secondary N) is 1. The van der Waals surface area contributed by atoms with Crippen molar-refractivity contribution in [2.75, 3.05) is 6.61 Å². The Bertz CT molecular complexity index is 705. The Kier molecular flexibility index (Phi) is 4.60. The van der Waals surface area contributed by atoms with Crippen LogP contribution in [0.15, 0.2) is 52.3 Å². The topological polar surface area (TPSA) is 38.3 Å². The molecule has 3 rings (SSSR count). The van der Waals surface area contributed by atoms with Gasteiger partial charge in [0.25, 0.3) is 0 Å². The molecule has 0 saturated heterocycles. The van der Waals surface area contributed by atoms with Gasteiger partial charge >= 0.3 is 6.09 Å². The molecule has 0 radical (unpaired) electrons. The van der Waals surface area contributed by atoms with E-state index < -0.39 is 6.09 Å². The lowest BCUT2D eigenvalue weighted by Crippen LogP contribution is -2.30. The zero-order valence-electron chi connectivity index (χ0n) is 12.1. The number of ether oxygens (including phenoxy) is 1. The van der Waals surface area contributed by atoms with Gasteiger partial charge < -0.3 is 10.1 Å². The van der Waals surface area contributed by atoms with Gasteiger partial charge in [0, 0.05) is 14.8 Å². The maximum atomic E-state index is 11.9. The van der Waals surface area contributed by atoms with Crippen molar-refractivity contribution in [1.29, 1.82) is 0 Å². The molecule has 0 fully saturated rings. The standard InChI is InChI=1S/C17H16ClNO2S/c1-2-21-17(20)19-14-9-11-5-3-4-6-15(11)22-16-8-7-12(18)10-13(14)16/h3-8,10,14H,2,9H2,1H3,(H,19,20)/t14-/m1/s1. The number of halogens is 1. The molecule has 1 amide bonds. The number of carbonyl (C=O) groups is 1. The van der Waals surface area contributed by atoms with Crippen molar-refractivity contribution in [2.24, 2.45) is 0 Å². The number of alkyl carbamates (subject to hydrolysis) is 1. The maximum Gasteiger partial charge on any atom is 0.407 e. The fourth-order valence-corrected chi connectivity index (χ4v) is 3.85. The van der Waals surface area contributed by atoms with Gasteiger partial charge in [0.2, 0.25) is 0 Å². The first-order chi connectivity index (χ1) is 10.7. The highest BCUT2D eigenvalue weighted by Crippen LogP contribution is 2.41. The van der Waals surface area contributed by atoms with Gasteiger partial charge in [0.05, 0.1) is 12.6 Å². The molecule has 2 aromatic rings. The van der Waals surface area contributed by atoms with Gasteiger partial charge in [0.15, 0.2) is 0 Å². The second-order valence-corrected chi connectivity index (χ2v) is 6.53. The van der Waals surface area contributed by atoms with E-state index in [4.69, 9.17) is 16.3 Å². The molecule has 5 heteroatoms. The Morgan fingerprint density at radius 1 is 1.32 bits per heavy atom. The van der Waals surface area contributed by atoms with Gasteiger partial charge in [-0.2, -0.15) is 0 Å². The van der Waals surface area contributed by atoms with Gasteiger partial charge in [0.1, 0.15) is 0 Å². The minimum Gasteiger partial charge on any atom is -0.450 e. The molecule has 0 aromatic heterocycles. The lowest BCUT2D eigenvalue weighted by molar-refractivity contribution is 0.148. The molecule has 1 heterocycles.